The minimum Gasteiger partial charge on any atom is -0.329 e. The summed E-state index contributed by atoms with van der Waals surface area (Å²) in [7, 11) is 0. The highest BCUT2D eigenvalue weighted by Gasteiger charge is 2.48. The molecule has 0 unspecified atom stereocenters. The molecule has 6 heteroatoms. The van der Waals surface area contributed by atoms with Crippen LogP contribution in [-0.2, 0) is 4.79 Å². The summed E-state index contributed by atoms with van der Waals surface area (Å²) in [5.41, 5.74) is 5.27. The first kappa shape index (κ1) is 12.6. The molecule has 0 radical (unpaired) electrons. The summed E-state index contributed by atoms with van der Waals surface area (Å²) < 4.78 is 13.0. The number of benzene rings is 1. The minimum atomic E-state index is -0.544. The Morgan fingerprint density at radius 3 is 2.35 bits per heavy atom. The van der Waals surface area contributed by atoms with Gasteiger partial charge in [-0.05, 0) is 25.0 Å². The standard InChI is InChI=1S/C11H11Cl2FN2O/c12-7-3-6(14)4-8(13)9(7)16-10(17)11(5-15)1-2-11/h3-4H,1-2,5,15H2,(H,16,17). The molecule has 0 aliphatic heterocycles. The molecule has 17 heavy (non-hydrogen) atoms. The Hall–Kier alpha value is -0.840. The lowest BCUT2D eigenvalue weighted by molar-refractivity contribution is -0.120. The van der Waals surface area contributed by atoms with E-state index in [-0.39, 0.29) is 28.2 Å². The van der Waals surface area contributed by atoms with Crippen LogP contribution in [0.1, 0.15) is 12.8 Å². The fraction of sp³-hybridized carbons (Fsp3) is 0.364. The maximum atomic E-state index is 13.0. The SMILES string of the molecule is NCC1(C(=O)Nc2c(Cl)cc(F)cc2Cl)CC1. The van der Waals surface area contributed by atoms with E-state index in [1.54, 1.807) is 0 Å². The summed E-state index contributed by atoms with van der Waals surface area (Å²) in [5.74, 6) is -0.756. The van der Waals surface area contributed by atoms with Crippen LogP contribution in [0.25, 0.3) is 0 Å². The van der Waals surface area contributed by atoms with Crippen molar-refractivity contribution in [3.8, 4) is 0 Å². The molecule has 0 atom stereocenters. The summed E-state index contributed by atoms with van der Waals surface area (Å²) in [5, 5.41) is 2.77. The van der Waals surface area contributed by atoms with E-state index in [1.807, 2.05) is 0 Å². The predicted octanol–water partition coefficient (Wildman–Crippen LogP) is 2.81. The van der Waals surface area contributed by atoms with E-state index in [9.17, 15) is 9.18 Å². The number of amides is 1. The first-order valence-corrected chi connectivity index (χ1v) is 5.90. The zero-order valence-corrected chi connectivity index (χ0v) is 10.4. The average Bonchev–Trinajstić information content (AvgIpc) is 3.03. The van der Waals surface area contributed by atoms with Gasteiger partial charge >= 0.3 is 0 Å². The summed E-state index contributed by atoms with van der Waals surface area (Å²) in [6, 6.07) is 2.20. The highest BCUT2D eigenvalue weighted by Crippen LogP contribution is 2.46. The molecular formula is C11H11Cl2FN2O. The van der Waals surface area contributed by atoms with Crippen molar-refractivity contribution in [2.24, 2.45) is 11.1 Å². The van der Waals surface area contributed by atoms with Gasteiger partial charge in [-0.25, -0.2) is 4.39 Å². The number of carbonyl (C=O) groups excluding carboxylic acids is 1. The fourth-order valence-electron chi connectivity index (χ4n) is 1.58. The molecule has 0 aromatic heterocycles. The van der Waals surface area contributed by atoms with Crippen LogP contribution in [0.5, 0.6) is 0 Å². The van der Waals surface area contributed by atoms with Gasteiger partial charge in [-0.2, -0.15) is 0 Å². The number of hydrogen-bond donors (Lipinski definition) is 2. The van der Waals surface area contributed by atoms with Gasteiger partial charge in [0.2, 0.25) is 5.91 Å². The van der Waals surface area contributed by atoms with Gasteiger partial charge in [0.15, 0.2) is 0 Å². The van der Waals surface area contributed by atoms with Crippen molar-refractivity contribution in [1.82, 2.24) is 0 Å². The quantitative estimate of drug-likeness (QED) is 0.892. The molecule has 1 aromatic carbocycles. The Labute approximate surface area is 108 Å². The third kappa shape index (κ3) is 2.39. The molecule has 1 fully saturated rings. The molecule has 0 spiro atoms. The van der Waals surface area contributed by atoms with E-state index in [0.29, 0.717) is 0 Å². The van der Waals surface area contributed by atoms with Crippen molar-refractivity contribution in [3.05, 3.63) is 28.0 Å². The number of halogens is 3. The van der Waals surface area contributed by atoms with Crippen LogP contribution in [-0.4, -0.2) is 12.5 Å². The van der Waals surface area contributed by atoms with Gasteiger partial charge < -0.3 is 11.1 Å². The smallest absolute Gasteiger partial charge is 0.231 e. The van der Waals surface area contributed by atoms with Crippen LogP contribution in [0.2, 0.25) is 10.0 Å². The lowest BCUT2D eigenvalue weighted by Gasteiger charge is -2.14. The van der Waals surface area contributed by atoms with E-state index in [0.717, 1.165) is 25.0 Å². The second kappa shape index (κ2) is 4.44. The molecular weight excluding hydrogens is 266 g/mol. The Bertz CT molecular complexity index is 452. The number of carbonyl (C=O) groups is 1. The van der Waals surface area contributed by atoms with Crippen molar-refractivity contribution >= 4 is 34.8 Å². The monoisotopic (exact) mass is 276 g/mol. The van der Waals surface area contributed by atoms with Gasteiger partial charge in [0, 0.05) is 6.54 Å². The summed E-state index contributed by atoms with van der Waals surface area (Å²) in [6.45, 7) is 0.287. The molecule has 3 N–H and O–H groups in total. The van der Waals surface area contributed by atoms with Gasteiger partial charge in [-0.15, -0.1) is 0 Å². The van der Waals surface area contributed by atoms with Crippen LogP contribution < -0.4 is 11.1 Å². The first-order valence-electron chi connectivity index (χ1n) is 5.14. The topological polar surface area (TPSA) is 55.1 Å². The zero-order chi connectivity index (χ0) is 12.6. The molecule has 2 rings (SSSR count). The molecule has 1 amide bonds. The lowest BCUT2D eigenvalue weighted by Crippen LogP contribution is -2.31. The zero-order valence-electron chi connectivity index (χ0n) is 8.90. The maximum Gasteiger partial charge on any atom is 0.231 e. The van der Waals surface area contributed by atoms with E-state index in [4.69, 9.17) is 28.9 Å². The fourth-order valence-corrected chi connectivity index (χ4v) is 2.14. The third-order valence-corrected chi connectivity index (χ3v) is 3.57. The minimum absolute atomic E-state index is 0.0798. The van der Waals surface area contributed by atoms with Crippen LogP contribution in [0.3, 0.4) is 0 Å². The largest absolute Gasteiger partial charge is 0.329 e. The molecule has 3 nitrogen and oxygen atoms in total. The van der Waals surface area contributed by atoms with Crippen LogP contribution in [0.15, 0.2) is 12.1 Å². The average molecular weight is 277 g/mol. The predicted molar refractivity (Wildman–Crippen MR) is 65.8 cm³/mol. The molecule has 92 valence electrons. The summed E-state index contributed by atoms with van der Waals surface area (Å²) in [4.78, 5) is 11.9. The Morgan fingerprint density at radius 1 is 1.41 bits per heavy atom. The van der Waals surface area contributed by atoms with Crippen molar-refractivity contribution in [2.45, 2.75) is 12.8 Å². The summed E-state index contributed by atoms with van der Waals surface area (Å²) in [6.07, 6.45) is 1.51. The van der Waals surface area contributed by atoms with E-state index in [2.05, 4.69) is 5.32 Å². The number of rotatable bonds is 3. The second-order valence-electron chi connectivity index (χ2n) is 4.18. The molecule has 1 aliphatic rings. The molecule has 1 saturated carbocycles. The number of hydrogen-bond acceptors (Lipinski definition) is 2. The molecule has 1 aromatic rings. The highest BCUT2D eigenvalue weighted by molar-refractivity contribution is 6.39. The van der Waals surface area contributed by atoms with Gasteiger partial charge in [-0.1, -0.05) is 23.2 Å². The van der Waals surface area contributed by atoms with Crippen molar-refractivity contribution in [3.63, 3.8) is 0 Å². The highest BCUT2D eigenvalue weighted by atomic mass is 35.5. The number of nitrogens with one attached hydrogen (secondary N) is 1. The van der Waals surface area contributed by atoms with Crippen LogP contribution in [0.4, 0.5) is 10.1 Å². The Morgan fingerprint density at radius 2 is 1.94 bits per heavy atom. The molecule has 0 saturated heterocycles. The van der Waals surface area contributed by atoms with Gasteiger partial charge in [0.25, 0.3) is 0 Å². The molecule has 0 heterocycles. The van der Waals surface area contributed by atoms with Crippen molar-refractivity contribution in [2.75, 3.05) is 11.9 Å². The Balaban J connectivity index is 2.22. The molecule has 0 bridgehead atoms. The van der Waals surface area contributed by atoms with E-state index in [1.165, 1.54) is 0 Å². The van der Waals surface area contributed by atoms with Gasteiger partial charge in [0.05, 0.1) is 21.1 Å². The van der Waals surface area contributed by atoms with E-state index < -0.39 is 11.2 Å². The summed E-state index contributed by atoms with van der Waals surface area (Å²) >= 11 is 11.6. The maximum absolute atomic E-state index is 13.0. The van der Waals surface area contributed by atoms with E-state index >= 15 is 0 Å². The number of anilines is 1. The van der Waals surface area contributed by atoms with Crippen LogP contribution >= 0.6 is 23.2 Å². The van der Waals surface area contributed by atoms with Crippen molar-refractivity contribution < 1.29 is 9.18 Å². The van der Waals surface area contributed by atoms with Crippen LogP contribution in [0, 0.1) is 11.2 Å². The second-order valence-corrected chi connectivity index (χ2v) is 5.00. The van der Waals surface area contributed by atoms with Crippen molar-refractivity contribution in [1.29, 1.82) is 0 Å². The number of nitrogens with two attached hydrogens (primary N) is 1. The normalized spacial score (nSPS) is 16.7. The lowest BCUT2D eigenvalue weighted by atomic mass is 10.1. The van der Waals surface area contributed by atoms with Gasteiger partial charge in [-0.3, -0.25) is 4.79 Å². The first-order chi connectivity index (χ1) is 7.98. The third-order valence-electron chi connectivity index (χ3n) is 2.97. The molecule has 1 aliphatic carbocycles. The Kier molecular flexibility index (Phi) is 3.30. The van der Waals surface area contributed by atoms with Gasteiger partial charge in [0.1, 0.15) is 5.82 Å².